The van der Waals surface area contributed by atoms with Crippen molar-refractivity contribution in [3.8, 4) is 11.5 Å². The van der Waals surface area contributed by atoms with Crippen LogP contribution in [-0.4, -0.2) is 18.2 Å². The summed E-state index contributed by atoms with van der Waals surface area (Å²) in [5, 5.41) is 0. The normalized spacial score (nSPS) is 17.9. The minimum Gasteiger partial charge on any atom is -0.493 e. The molecule has 4 heteroatoms. The minimum absolute atomic E-state index is 0.147. The van der Waals surface area contributed by atoms with Gasteiger partial charge in [0.2, 0.25) is 0 Å². The second-order valence-corrected chi connectivity index (χ2v) is 5.28. The van der Waals surface area contributed by atoms with Crippen LogP contribution in [0.15, 0.2) is 42.7 Å². The van der Waals surface area contributed by atoms with Crippen molar-refractivity contribution >= 4 is 0 Å². The topological polar surface area (TPSA) is 57.4 Å². The Morgan fingerprint density at radius 1 is 1.38 bits per heavy atom. The van der Waals surface area contributed by atoms with E-state index in [4.69, 9.17) is 15.2 Å². The van der Waals surface area contributed by atoms with Crippen LogP contribution in [0.1, 0.15) is 36.4 Å². The fourth-order valence-corrected chi connectivity index (χ4v) is 2.63. The molecule has 21 heavy (non-hydrogen) atoms. The number of nitrogens with two attached hydrogens (primary N) is 1. The summed E-state index contributed by atoms with van der Waals surface area (Å²) in [4.78, 5) is 4.24. The molecule has 2 aromatic rings. The molecule has 4 nitrogen and oxygen atoms in total. The van der Waals surface area contributed by atoms with Crippen LogP contribution in [0.5, 0.6) is 11.5 Å². The standard InChI is InChI=1S/C17H20N2O2/c1-2-7-20-13-8-12(9-19-10-13)17(18)15-11-21-16-6-4-3-5-14(15)16/h3-6,8-10,15,17H,2,7,11,18H2,1H3. The van der Waals surface area contributed by atoms with Gasteiger partial charge in [-0.2, -0.15) is 0 Å². The first-order chi connectivity index (χ1) is 10.3. The average molecular weight is 284 g/mol. The quantitative estimate of drug-likeness (QED) is 0.917. The summed E-state index contributed by atoms with van der Waals surface area (Å²) >= 11 is 0. The Bertz CT molecular complexity index is 615. The minimum atomic E-state index is -0.147. The molecule has 0 amide bonds. The zero-order chi connectivity index (χ0) is 14.7. The Hall–Kier alpha value is -2.07. The third-order valence-corrected chi connectivity index (χ3v) is 3.76. The van der Waals surface area contributed by atoms with Gasteiger partial charge < -0.3 is 15.2 Å². The van der Waals surface area contributed by atoms with Crippen LogP contribution >= 0.6 is 0 Å². The summed E-state index contributed by atoms with van der Waals surface area (Å²) in [5.41, 5.74) is 8.59. The number of para-hydroxylation sites is 1. The van der Waals surface area contributed by atoms with E-state index >= 15 is 0 Å². The van der Waals surface area contributed by atoms with Gasteiger partial charge in [0.1, 0.15) is 11.5 Å². The molecule has 1 aliphatic heterocycles. The van der Waals surface area contributed by atoms with Crippen LogP contribution in [0.4, 0.5) is 0 Å². The molecular formula is C17H20N2O2. The average Bonchev–Trinajstić information content (AvgIpc) is 2.96. The summed E-state index contributed by atoms with van der Waals surface area (Å²) in [6.07, 6.45) is 4.51. The smallest absolute Gasteiger partial charge is 0.137 e. The van der Waals surface area contributed by atoms with Gasteiger partial charge in [0.25, 0.3) is 0 Å². The van der Waals surface area contributed by atoms with Gasteiger partial charge in [0.05, 0.1) is 19.4 Å². The molecule has 2 atom stereocenters. The van der Waals surface area contributed by atoms with E-state index in [-0.39, 0.29) is 12.0 Å². The highest BCUT2D eigenvalue weighted by Gasteiger charge is 2.30. The third-order valence-electron chi connectivity index (χ3n) is 3.76. The molecule has 1 aliphatic rings. The van der Waals surface area contributed by atoms with Crippen LogP contribution in [0, 0.1) is 0 Å². The number of pyridine rings is 1. The molecule has 2 heterocycles. The van der Waals surface area contributed by atoms with Crippen LogP contribution in [-0.2, 0) is 0 Å². The summed E-state index contributed by atoms with van der Waals surface area (Å²) in [5.74, 6) is 1.87. The maximum atomic E-state index is 6.44. The number of ether oxygens (including phenoxy) is 2. The van der Waals surface area contributed by atoms with Crippen molar-refractivity contribution in [1.82, 2.24) is 4.98 Å². The maximum absolute atomic E-state index is 6.44. The van der Waals surface area contributed by atoms with Gasteiger partial charge in [-0.15, -0.1) is 0 Å². The van der Waals surface area contributed by atoms with Crippen molar-refractivity contribution in [2.75, 3.05) is 13.2 Å². The fourth-order valence-electron chi connectivity index (χ4n) is 2.63. The number of rotatable bonds is 5. The zero-order valence-corrected chi connectivity index (χ0v) is 12.2. The van der Waals surface area contributed by atoms with Crippen LogP contribution in [0.3, 0.4) is 0 Å². The molecule has 0 aliphatic carbocycles. The first-order valence-corrected chi connectivity index (χ1v) is 7.34. The van der Waals surface area contributed by atoms with Crippen molar-refractivity contribution in [2.45, 2.75) is 25.3 Å². The molecule has 0 saturated heterocycles. The summed E-state index contributed by atoms with van der Waals surface area (Å²) in [6.45, 7) is 3.38. The lowest BCUT2D eigenvalue weighted by Crippen LogP contribution is -2.21. The van der Waals surface area contributed by atoms with E-state index in [0.717, 1.165) is 23.5 Å². The van der Waals surface area contributed by atoms with Gasteiger partial charge in [-0.25, -0.2) is 0 Å². The summed E-state index contributed by atoms with van der Waals surface area (Å²) in [6, 6.07) is 9.90. The fraction of sp³-hybridized carbons (Fsp3) is 0.353. The van der Waals surface area contributed by atoms with Crippen molar-refractivity contribution in [1.29, 1.82) is 0 Å². The van der Waals surface area contributed by atoms with Crippen LogP contribution in [0.2, 0.25) is 0 Å². The Labute approximate surface area is 124 Å². The predicted molar refractivity (Wildman–Crippen MR) is 81.6 cm³/mol. The molecule has 1 aromatic heterocycles. The van der Waals surface area contributed by atoms with E-state index in [1.807, 2.05) is 30.5 Å². The molecule has 0 radical (unpaired) electrons. The summed E-state index contributed by atoms with van der Waals surface area (Å²) in [7, 11) is 0. The van der Waals surface area contributed by atoms with Gasteiger partial charge >= 0.3 is 0 Å². The van der Waals surface area contributed by atoms with E-state index in [9.17, 15) is 0 Å². The van der Waals surface area contributed by atoms with E-state index in [1.165, 1.54) is 5.56 Å². The SMILES string of the molecule is CCCOc1cncc(C(N)C2COc3ccccc32)c1. The third kappa shape index (κ3) is 2.85. The Morgan fingerprint density at radius 3 is 3.10 bits per heavy atom. The van der Waals surface area contributed by atoms with Gasteiger partial charge in [0.15, 0.2) is 0 Å². The Morgan fingerprint density at radius 2 is 2.24 bits per heavy atom. The number of hydrogen-bond donors (Lipinski definition) is 1. The number of fused-ring (bicyclic) bond motifs is 1. The van der Waals surface area contributed by atoms with Gasteiger partial charge in [-0.05, 0) is 24.1 Å². The predicted octanol–water partition coefficient (Wildman–Crippen LogP) is 3.05. The molecule has 0 saturated carbocycles. The lowest BCUT2D eigenvalue weighted by molar-refractivity contribution is 0.310. The largest absolute Gasteiger partial charge is 0.493 e. The first kappa shape index (κ1) is 13.9. The number of aromatic nitrogens is 1. The zero-order valence-electron chi connectivity index (χ0n) is 12.2. The van der Waals surface area contributed by atoms with E-state index < -0.39 is 0 Å². The van der Waals surface area contributed by atoms with Crippen LogP contribution < -0.4 is 15.2 Å². The lowest BCUT2D eigenvalue weighted by atomic mass is 9.90. The highest BCUT2D eigenvalue weighted by atomic mass is 16.5. The molecule has 1 aromatic carbocycles. The highest BCUT2D eigenvalue weighted by molar-refractivity contribution is 5.42. The summed E-state index contributed by atoms with van der Waals surface area (Å²) < 4.78 is 11.3. The van der Waals surface area contributed by atoms with Crippen molar-refractivity contribution in [2.24, 2.45) is 5.73 Å². The lowest BCUT2D eigenvalue weighted by Gasteiger charge is -2.19. The van der Waals surface area contributed by atoms with Crippen molar-refractivity contribution in [3.05, 3.63) is 53.9 Å². The molecule has 0 fully saturated rings. The molecule has 0 bridgehead atoms. The number of hydrogen-bond acceptors (Lipinski definition) is 4. The second-order valence-electron chi connectivity index (χ2n) is 5.28. The molecule has 110 valence electrons. The molecule has 2 unspecified atom stereocenters. The van der Waals surface area contributed by atoms with Gasteiger partial charge in [-0.1, -0.05) is 25.1 Å². The van der Waals surface area contributed by atoms with E-state index in [2.05, 4.69) is 18.0 Å². The van der Waals surface area contributed by atoms with E-state index in [1.54, 1.807) is 6.20 Å². The molecule has 0 spiro atoms. The Balaban J connectivity index is 1.81. The molecule has 3 rings (SSSR count). The van der Waals surface area contributed by atoms with Crippen LogP contribution in [0.25, 0.3) is 0 Å². The number of nitrogens with zero attached hydrogens (tertiary/aromatic N) is 1. The van der Waals surface area contributed by atoms with Gasteiger partial charge in [-0.3, -0.25) is 4.98 Å². The monoisotopic (exact) mass is 284 g/mol. The second kappa shape index (κ2) is 6.14. The first-order valence-electron chi connectivity index (χ1n) is 7.34. The Kier molecular flexibility index (Phi) is 4.06. The highest BCUT2D eigenvalue weighted by Crippen LogP contribution is 2.40. The van der Waals surface area contributed by atoms with Crippen molar-refractivity contribution in [3.63, 3.8) is 0 Å². The van der Waals surface area contributed by atoms with Crippen molar-refractivity contribution < 1.29 is 9.47 Å². The molecule has 2 N–H and O–H groups in total. The van der Waals surface area contributed by atoms with Gasteiger partial charge in [0, 0.05) is 23.7 Å². The molecular weight excluding hydrogens is 264 g/mol. The number of benzene rings is 1. The maximum Gasteiger partial charge on any atom is 0.137 e. The van der Waals surface area contributed by atoms with E-state index in [0.29, 0.717) is 13.2 Å².